The van der Waals surface area contributed by atoms with Crippen molar-refractivity contribution < 1.29 is 9.53 Å². The van der Waals surface area contributed by atoms with E-state index in [4.69, 9.17) is 10.5 Å². The van der Waals surface area contributed by atoms with Crippen LogP contribution in [-0.4, -0.2) is 24.5 Å². The van der Waals surface area contributed by atoms with Gasteiger partial charge < -0.3 is 21.1 Å². The molecular weight excluding hydrogens is 455 g/mol. The van der Waals surface area contributed by atoms with E-state index in [1.807, 2.05) is 62.4 Å². The smallest absolute Gasteiger partial charge is 0.246 e. The predicted molar refractivity (Wildman–Crippen MR) is 122 cm³/mol. The fourth-order valence-electron chi connectivity index (χ4n) is 2.30. The Morgan fingerprint density at radius 3 is 2.44 bits per heavy atom. The Kier molecular flexibility index (Phi) is 9.63. The van der Waals surface area contributed by atoms with E-state index < -0.39 is 0 Å². The number of carbonyl (C=O) groups excluding carboxylic acids is 1. The lowest BCUT2D eigenvalue weighted by atomic mass is 10.1. The van der Waals surface area contributed by atoms with Gasteiger partial charge >= 0.3 is 0 Å². The number of amides is 1. The molecule has 0 unspecified atom stereocenters. The van der Waals surface area contributed by atoms with Gasteiger partial charge in [0.1, 0.15) is 12.3 Å². The summed E-state index contributed by atoms with van der Waals surface area (Å²) in [5.74, 6) is 0.749. The van der Waals surface area contributed by atoms with Gasteiger partial charge in [-0.1, -0.05) is 19.1 Å². The number of nitrogens with one attached hydrogen (secondary N) is 2. The molecule has 0 saturated heterocycles. The number of benzene rings is 2. The fraction of sp³-hybridized carbons (Fsp3) is 0.300. The van der Waals surface area contributed by atoms with Gasteiger partial charge in [0.15, 0.2) is 5.96 Å². The van der Waals surface area contributed by atoms with E-state index >= 15 is 0 Å². The second kappa shape index (κ2) is 11.4. The molecule has 7 heteroatoms. The number of nitrogens with zero attached hydrogens (tertiary/aromatic N) is 1. The van der Waals surface area contributed by atoms with Crippen molar-refractivity contribution >= 4 is 47.2 Å². The highest BCUT2D eigenvalue weighted by Crippen LogP contribution is 2.16. The summed E-state index contributed by atoms with van der Waals surface area (Å²) in [4.78, 5) is 16.1. The summed E-state index contributed by atoms with van der Waals surface area (Å²) in [5, 5.41) is 5.77. The van der Waals surface area contributed by atoms with Crippen LogP contribution < -0.4 is 21.1 Å². The molecule has 0 bridgehead atoms. The third-order valence-electron chi connectivity index (χ3n) is 3.51. The third kappa shape index (κ3) is 8.29. The van der Waals surface area contributed by atoms with Gasteiger partial charge in [0.05, 0.1) is 6.10 Å². The minimum Gasteiger partial charge on any atom is -0.491 e. The number of halogens is 1. The van der Waals surface area contributed by atoms with Crippen LogP contribution >= 0.6 is 24.0 Å². The average molecular weight is 482 g/mol. The molecule has 0 radical (unpaired) electrons. The summed E-state index contributed by atoms with van der Waals surface area (Å²) in [6.45, 7) is 5.96. The highest BCUT2D eigenvalue weighted by atomic mass is 127. The molecule has 2 rings (SSSR count). The molecule has 2 aromatic rings. The van der Waals surface area contributed by atoms with E-state index in [2.05, 4.69) is 22.5 Å². The number of hydrogen-bond donors (Lipinski definition) is 3. The summed E-state index contributed by atoms with van der Waals surface area (Å²) < 4.78 is 5.58. The van der Waals surface area contributed by atoms with Crippen molar-refractivity contribution in [2.24, 2.45) is 10.7 Å². The molecule has 0 fully saturated rings. The third-order valence-corrected chi connectivity index (χ3v) is 3.51. The number of nitrogens with two attached hydrogens (primary N) is 1. The van der Waals surface area contributed by atoms with Gasteiger partial charge in [-0.25, -0.2) is 4.99 Å². The Morgan fingerprint density at radius 2 is 1.81 bits per heavy atom. The lowest BCUT2D eigenvalue weighted by molar-refractivity contribution is -0.114. The number of aliphatic imine (C=N–C) groups is 1. The lowest BCUT2D eigenvalue weighted by Crippen LogP contribution is -2.25. The molecule has 2 aromatic carbocycles. The van der Waals surface area contributed by atoms with Crippen molar-refractivity contribution in [1.82, 2.24) is 0 Å². The van der Waals surface area contributed by atoms with Crippen LogP contribution in [0.15, 0.2) is 53.5 Å². The molecule has 0 aromatic heterocycles. The molecule has 0 heterocycles. The Hall–Kier alpha value is -2.29. The second-order valence-electron chi connectivity index (χ2n) is 6.12. The number of hydrogen-bond acceptors (Lipinski definition) is 3. The van der Waals surface area contributed by atoms with Crippen molar-refractivity contribution in [3.63, 3.8) is 0 Å². The summed E-state index contributed by atoms with van der Waals surface area (Å²) >= 11 is 0. The number of rotatable bonds is 7. The van der Waals surface area contributed by atoms with Gasteiger partial charge in [-0.2, -0.15) is 0 Å². The summed E-state index contributed by atoms with van der Waals surface area (Å²) in [7, 11) is 0. The monoisotopic (exact) mass is 482 g/mol. The van der Waals surface area contributed by atoms with Gasteiger partial charge in [0.2, 0.25) is 5.91 Å². The van der Waals surface area contributed by atoms with E-state index in [1.165, 1.54) is 0 Å². The number of anilines is 2. The number of aryl methyl sites for hydroxylation is 1. The maximum atomic E-state index is 12.0. The summed E-state index contributed by atoms with van der Waals surface area (Å²) in [6.07, 6.45) is 1.04. The van der Waals surface area contributed by atoms with Crippen LogP contribution in [0.5, 0.6) is 5.75 Å². The van der Waals surface area contributed by atoms with Crippen molar-refractivity contribution in [2.75, 3.05) is 17.2 Å². The van der Waals surface area contributed by atoms with Crippen LogP contribution in [-0.2, 0) is 11.2 Å². The molecule has 6 nitrogen and oxygen atoms in total. The quantitative estimate of drug-likeness (QED) is 0.316. The molecule has 0 aliphatic heterocycles. The molecular formula is C20H27IN4O2. The molecule has 27 heavy (non-hydrogen) atoms. The van der Waals surface area contributed by atoms with E-state index in [0.29, 0.717) is 0 Å². The SMILES string of the molecule is CCc1cccc(NC(=O)CN=C(N)Nc2ccc(OC(C)C)cc2)c1.I. The Bertz CT molecular complexity index is 761. The fourth-order valence-corrected chi connectivity index (χ4v) is 2.30. The van der Waals surface area contributed by atoms with Gasteiger partial charge in [-0.05, 0) is 62.2 Å². The van der Waals surface area contributed by atoms with Crippen LogP contribution in [0.4, 0.5) is 11.4 Å². The first kappa shape index (κ1) is 22.8. The molecule has 0 saturated carbocycles. The first-order chi connectivity index (χ1) is 12.5. The van der Waals surface area contributed by atoms with E-state index in [0.717, 1.165) is 29.1 Å². The van der Waals surface area contributed by atoms with E-state index in [9.17, 15) is 4.79 Å². The molecule has 0 spiro atoms. The zero-order valence-electron chi connectivity index (χ0n) is 15.9. The number of carbonyl (C=O) groups is 1. The molecule has 4 N–H and O–H groups in total. The van der Waals surface area contributed by atoms with Crippen molar-refractivity contribution in [2.45, 2.75) is 33.3 Å². The Balaban J connectivity index is 0.00000364. The molecule has 146 valence electrons. The zero-order valence-corrected chi connectivity index (χ0v) is 18.2. The number of guanidine groups is 1. The molecule has 0 atom stereocenters. The van der Waals surface area contributed by atoms with Crippen molar-refractivity contribution in [3.05, 3.63) is 54.1 Å². The largest absolute Gasteiger partial charge is 0.491 e. The predicted octanol–water partition coefficient (Wildman–Crippen LogP) is 4.02. The summed E-state index contributed by atoms with van der Waals surface area (Å²) in [5.41, 5.74) is 8.54. The molecule has 1 amide bonds. The molecule has 0 aliphatic rings. The Morgan fingerprint density at radius 1 is 1.11 bits per heavy atom. The lowest BCUT2D eigenvalue weighted by Gasteiger charge is -2.11. The first-order valence-corrected chi connectivity index (χ1v) is 8.68. The van der Waals surface area contributed by atoms with Crippen molar-refractivity contribution in [3.8, 4) is 5.75 Å². The van der Waals surface area contributed by atoms with Crippen LogP contribution in [0.1, 0.15) is 26.3 Å². The average Bonchev–Trinajstić information content (AvgIpc) is 2.61. The van der Waals surface area contributed by atoms with Crippen molar-refractivity contribution in [1.29, 1.82) is 0 Å². The van der Waals surface area contributed by atoms with Gasteiger partial charge in [0, 0.05) is 11.4 Å². The van der Waals surface area contributed by atoms with E-state index in [1.54, 1.807) is 0 Å². The maximum absolute atomic E-state index is 12.0. The highest BCUT2D eigenvalue weighted by molar-refractivity contribution is 14.0. The van der Waals surface area contributed by atoms with Crippen LogP contribution in [0, 0.1) is 0 Å². The van der Waals surface area contributed by atoms with Crippen LogP contribution in [0.25, 0.3) is 0 Å². The number of ether oxygens (including phenoxy) is 1. The minimum absolute atomic E-state index is 0. The standard InChI is InChI=1S/C20H26N4O2.HI/c1-4-15-6-5-7-17(12-15)23-19(25)13-22-20(21)24-16-8-10-18(11-9-16)26-14(2)3;/h5-12,14H,4,13H2,1-3H3,(H,23,25)(H3,21,22,24);1H. The minimum atomic E-state index is -0.219. The highest BCUT2D eigenvalue weighted by Gasteiger charge is 2.03. The maximum Gasteiger partial charge on any atom is 0.246 e. The van der Waals surface area contributed by atoms with Crippen LogP contribution in [0.3, 0.4) is 0 Å². The zero-order chi connectivity index (χ0) is 18.9. The van der Waals surface area contributed by atoms with Gasteiger partial charge in [0.25, 0.3) is 0 Å². The molecule has 0 aliphatic carbocycles. The first-order valence-electron chi connectivity index (χ1n) is 8.68. The normalized spacial score (nSPS) is 10.9. The van der Waals surface area contributed by atoms with Gasteiger partial charge in [-0.3, -0.25) is 4.79 Å². The topological polar surface area (TPSA) is 88.7 Å². The Labute approximate surface area is 177 Å². The van der Waals surface area contributed by atoms with E-state index in [-0.39, 0.29) is 48.5 Å². The second-order valence-corrected chi connectivity index (χ2v) is 6.12. The van der Waals surface area contributed by atoms with Gasteiger partial charge in [-0.15, -0.1) is 24.0 Å². The van der Waals surface area contributed by atoms with Crippen LogP contribution in [0.2, 0.25) is 0 Å². The summed E-state index contributed by atoms with van der Waals surface area (Å²) in [6, 6.07) is 15.1.